The van der Waals surface area contributed by atoms with Crippen molar-refractivity contribution in [1.29, 1.82) is 0 Å². The van der Waals surface area contributed by atoms with Gasteiger partial charge in [0.2, 0.25) is 0 Å². The summed E-state index contributed by atoms with van der Waals surface area (Å²) in [5.41, 5.74) is 0. The molecular formula is C12H23NO2. The van der Waals surface area contributed by atoms with Gasteiger partial charge in [-0.25, -0.2) is 0 Å². The van der Waals surface area contributed by atoms with Crippen LogP contribution in [0.4, 0.5) is 0 Å². The van der Waals surface area contributed by atoms with Crippen LogP contribution < -0.4 is 0 Å². The third kappa shape index (κ3) is 2.94. The minimum absolute atomic E-state index is 0.101. The number of likely N-dealkylation sites (tertiary alicyclic amines) is 1. The normalized spacial score (nSPS) is 29.1. The van der Waals surface area contributed by atoms with E-state index in [1.807, 2.05) is 0 Å². The monoisotopic (exact) mass is 213 g/mol. The van der Waals surface area contributed by atoms with Crippen LogP contribution in [-0.4, -0.2) is 36.1 Å². The Hall–Kier alpha value is -0.570. The summed E-state index contributed by atoms with van der Waals surface area (Å²) in [5, 5.41) is 0. The summed E-state index contributed by atoms with van der Waals surface area (Å²) in [7, 11) is 1.46. The predicted molar refractivity (Wildman–Crippen MR) is 60.7 cm³/mol. The number of carbonyl (C=O) groups excluding carboxylic acids is 1. The van der Waals surface area contributed by atoms with E-state index in [9.17, 15) is 4.79 Å². The molecule has 1 aliphatic rings. The first kappa shape index (κ1) is 12.5. The molecule has 3 heteroatoms. The third-order valence-electron chi connectivity index (χ3n) is 3.52. The maximum Gasteiger partial charge on any atom is 0.307 e. The van der Waals surface area contributed by atoms with Crippen molar-refractivity contribution in [2.24, 2.45) is 0 Å². The Morgan fingerprint density at radius 3 is 2.73 bits per heavy atom. The lowest BCUT2D eigenvalue weighted by Crippen LogP contribution is -2.42. The van der Waals surface area contributed by atoms with Crippen molar-refractivity contribution in [3.05, 3.63) is 0 Å². The zero-order chi connectivity index (χ0) is 11.4. The fraction of sp³-hybridized carbons (Fsp3) is 0.917. The van der Waals surface area contributed by atoms with Crippen LogP contribution in [0.25, 0.3) is 0 Å². The van der Waals surface area contributed by atoms with E-state index in [0.29, 0.717) is 24.5 Å². The van der Waals surface area contributed by atoms with Gasteiger partial charge in [0.1, 0.15) is 0 Å². The van der Waals surface area contributed by atoms with Crippen molar-refractivity contribution >= 4 is 5.97 Å². The van der Waals surface area contributed by atoms with Gasteiger partial charge in [0, 0.05) is 18.1 Å². The standard InChI is InChI=1S/C12H23NO2/c1-5-11-7-6-9(2)13(11)10(3)8-12(14)15-4/h9-11H,5-8H2,1-4H3. The predicted octanol–water partition coefficient (Wildman–Crippen LogP) is 2.20. The third-order valence-corrected chi connectivity index (χ3v) is 3.52. The lowest BCUT2D eigenvalue weighted by Gasteiger charge is -2.33. The topological polar surface area (TPSA) is 29.5 Å². The summed E-state index contributed by atoms with van der Waals surface area (Å²) < 4.78 is 4.72. The molecule has 0 aromatic carbocycles. The van der Waals surface area contributed by atoms with Crippen LogP contribution in [0.3, 0.4) is 0 Å². The van der Waals surface area contributed by atoms with Gasteiger partial charge in [-0.2, -0.15) is 0 Å². The summed E-state index contributed by atoms with van der Waals surface area (Å²) in [4.78, 5) is 13.7. The minimum atomic E-state index is -0.101. The van der Waals surface area contributed by atoms with E-state index in [4.69, 9.17) is 4.74 Å². The molecule has 0 bridgehead atoms. The van der Waals surface area contributed by atoms with Crippen LogP contribution in [-0.2, 0) is 9.53 Å². The molecule has 0 radical (unpaired) electrons. The number of nitrogens with zero attached hydrogens (tertiary/aromatic N) is 1. The summed E-state index contributed by atoms with van der Waals surface area (Å²) in [6.45, 7) is 6.60. The molecule has 1 heterocycles. The molecule has 0 aromatic heterocycles. The van der Waals surface area contributed by atoms with Gasteiger partial charge in [0.25, 0.3) is 0 Å². The van der Waals surface area contributed by atoms with Gasteiger partial charge in [-0.3, -0.25) is 9.69 Å². The molecule has 0 saturated carbocycles. The van der Waals surface area contributed by atoms with E-state index in [-0.39, 0.29) is 5.97 Å². The summed E-state index contributed by atoms with van der Waals surface area (Å²) in [6.07, 6.45) is 4.21. The Balaban J connectivity index is 2.55. The van der Waals surface area contributed by atoms with Crippen molar-refractivity contribution in [3.63, 3.8) is 0 Å². The van der Waals surface area contributed by atoms with Crippen molar-refractivity contribution in [3.8, 4) is 0 Å². The molecule has 88 valence electrons. The van der Waals surface area contributed by atoms with Gasteiger partial charge in [-0.05, 0) is 33.1 Å². The SMILES string of the molecule is CCC1CCC(C)N1C(C)CC(=O)OC. The number of methoxy groups -OCH3 is 1. The maximum absolute atomic E-state index is 11.2. The van der Waals surface area contributed by atoms with Gasteiger partial charge in [0.05, 0.1) is 13.5 Å². The van der Waals surface area contributed by atoms with Gasteiger partial charge >= 0.3 is 5.97 Å². The Bertz CT molecular complexity index is 218. The number of rotatable bonds is 4. The van der Waals surface area contributed by atoms with Crippen LogP contribution >= 0.6 is 0 Å². The molecule has 3 nitrogen and oxygen atoms in total. The van der Waals surface area contributed by atoms with Crippen LogP contribution in [0.15, 0.2) is 0 Å². The number of carbonyl (C=O) groups is 1. The molecule has 0 N–H and O–H groups in total. The number of ether oxygens (including phenoxy) is 1. The summed E-state index contributed by atoms with van der Waals surface area (Å²) >= 11 is 0. The first-order chi connectivity index (χ1) is 7.10. The highest BCUT2D eigenvalue weighted by molar-refractivity contribution is 5.69. The molecule has 1 fully saturated rings. The Labute approximate surface area is 92.8 Å². The smallest absolute Gasteiger partial charge is 0.307 e. The van der Waals surface area contributed by atoms with Crippen LogP contribution in [0.2, 0.25) is 0 Å². The van der Waals surface area contributed by atoms with Crippen molar-refractivity contribution < 1.29 is 9.53 Å². The van der Waals surface area contributed by atoms with Crippen LogP contribution in [0.5, 0.6) is 0 Å². The van der Waals surface area contributed by atoms with Crippen molar-refractivity contribution in [1.82, 2.24) is 4.90 Å². The van der Waals surface area contributed by atoms with Crippen LogP contribution in [0, 0.1) is 0 Å². The molecule has 0 amide bonds. The zero-order valence-electron chi connectivity index (χ0n) is 10.3. The molecule has 1 aliphatic heterocycles. The highest BCUT2D eigenvalue weighted by atomic mass is 16.5. The lowest BCUT2D eigenvalue weighted by atomic mass is 10.1. The molecule has 0 aliphatic carbocycles. The number of hydrogen-bond acceptors (Lipinski definition) is 3. The highest BCUT2D eigenvalue weighted by Crippen LogP contribution is 2.29. The second-order valence-electron chi connectivity index (χ2n) is 4.56. The molecular weight excluding hydrogens is 190 g/mol. The van der Waals surface area contributed by atoms with Crippen molar-refractivity contribution in [2.75, 3.05) is 7.11 Å². The van der Waals surface area contributed by atoms with E-state index in [2.05, 4.69) is 25.7 Å². The summed E-state index contributed by atoms with van der Waals surface area (Å²) in [5.74, 6) is -0.101. The summed E-state index contributed by atoms with van der Waals surface area (Å²) in [6, 6.07) is 1.56. The first-order valence-corrected chi connectivity index (χ1v) is 5.94. The minimum Gasteiger partial charge on any atom is -0.469 e. The average Bonchev–Trinajstić information content (AvgIpc) is 2.59. The van der Waals surface area contributed by atoms with E-state index >= 15 is 0 Å². The van der Waals surface area contributed by atoms with E-state index in [1.165, 1.54) is 26.4 Å². The molecule has 1 rings (SSSR count). The zero-order valence-corrected chi connectivity index (χ0v) is 10.3. The van der Waals surface area contributed by atoms with Gasteiger partial charge in [0.15, 0.2) is 0 Å². The van der Waals surface area contributed by atoms with Gasteiger partial charge < -0.3 is 4.74 Å². The molecule has 0 spiro atoms. The fourth-order valence-corrected chi connectivity index (χ4v) is 2.73. The first-order valence-electron chi connectivity index (χ1n) is 5.94. The lowest BCUT2D eigenvalue weighted by molar-refractivity contribution is -0.142. The molecule has 0 aromatic rings. The number of hydrogen-bond donors (Lipinski definition) is 0. The van der Waals surface area contributed by atoms with Gasteiger partial charge in [-0.15, -0.1) is 0 Å². The Morgan fingerprint density at radius 1 is 1.53 bits per heavy atom. The Morgan fingerprint density at radius 2 is 2.20 bits per heavy atom. The second kappa shape index (κ2) is 5.50. The molecule has 3 atom stereocenters. The highest BCUT2D eigenvalue weighted by Gasteiger charge is 2.33. The molecule has 15 heavy (non-hydrogen) atoms. The average molecular weight is 213 g/mol. The van der Waals surface area contributed by atoms with Crippen molar-refractivity contribution in [2.45, 2.75) is 64.6 Å². The maximum atomic E-state index is 11.2. The number of esters is 1. The van der Waals surface area contributed by atoms with Gasteiger partial charge in [-0.1, -0.05) is 6.92 Å². The fourth-order valence-electron chi connectivity index (χ4n) is 2.73. The Kier molecular flexibility index (Phi) is 4.58. The van der Waals surface area contributed by atoms with E-state index < -0.39 is 0 Å². The van der Waals surface area contributed by atoms with E-state index in [0.717, 1.165) is 0 Å². The van der Waals surface area contributed by atoms with E-state index in [1.54, 1.807) is 0 Å². The molecule has 3 unspecified atom stereocenters. The quantitative estimate of drug-likeness (QED) is 0.670. The molecule has 1 saturated heterocycles. The van der Waals surface area contributed by atoms with Crippen LogP contribution in [0.1, 0.15) is 46.5 Å². The second-order valence-corrected chi connectivity index (χ2v) is 4.56. The largest absolute Gasteiger partial charge is 0.469 e.